The van der Waals surface area contributed by atoms with E-state index in [0.717, 1.165) is 0 Å². The molecule has 0 atom stereocenters. The first-order chi connectivity index (χ1) is 7.65. The smallest absolute Gasteiger partial charge is 0.338 e. The lowest BCUT2D eigenvalue weighted by molar-refractivity contribution is 0.0696. The molecule has 0 spiro atoms. The van der Waals surface area contributed by atoms with Crippen molar-refractivity contribution in [3.63, 3.8) is 0 Å². The highest BCUT2D eigenvalue weighted by molar-refractivity contribution is 5.87. The first-order valence-electron chi connectivity index (χ1n) is 4.57. The van der Waals surface area contributed by atoms with E-state index in [0.29, 0.717) is 11.5 Å². The molecule has 0 aromatic carbocycles. The molecule has 0 saturated heterocycles. The molecule has 0 aliphatic rings. The van der Waals surface area contributed by atoms with Crippen molar-refractivity contribution in [2.75, 3.05) is 0 Å². The van der Waals surface area contributed by atoms with Crippen LogP contribution in [-0.2, 0) is 13.7 Å². The number of carboxylic acid groups (broad SMARTS) is 1. The molecule has 2 heterocycles. The second-order valence-electron chi connectivity index (χ2n) is 3.25. The van der Waals surface area contributed by atoms with Crippen LogP contribution in [0.15, 0.2) is 29.1 Å². The summed E-state index contributed by atoms with van der Waals surface area (Å²) >= 11 is 0. The van der Waals surface area contributed by atoms with Gasteiger partial charge < -0.3 is 14.3 Å². The minimum atomic E-state index is -1.02. The second-order valence-corrected chi connectivity index (χ2v) is 3.25. The average Bonchev–Trinajstić information content (AvgIpc) is 2.83. The zero-order valence-corrected chi connectivity index (χ0v) is 8.58. The fourth-order valence-corrected chi connectivity index (χ4v) is 1.20. The molecule has 6 heteroatoms. The largest absolute Gasteiger partial charge is 0.482 e. The van der Waals surface area contributed by atoms with Crippen LogP contribution in [0.4, 0.5) is 0 Å². The van der Waals surface area contributed by atoms with Gasteiger partial charge in [0.2, 0.25) is 0 Å². The second kappa shape index (κ2) is 4.09. The monoisotopic (exact) mass is 222 g/mol. The number of aromatic nitrogens is 2. The van der Waals surface area contributed by atoms with Crippen molar-refractivity contribution in [2.45, 2.75) is 6.61 Å². The van der Waals surface area contributed by atoms with Crippen molar-refractivity contribution in [2.24, 2.45) is 7.05 Å². The summed E-state index contributed by atoms with van der Waals surface area (Å²) in [6.07, 6.45) is 4.46. The molecule has 2 aromatic rings. The molecule has 1 N–H and O–H groups in total. The summed E-state index contributed by atoms with van der Waals surface area (Å²) in [5.41, 5.74) is 0.116. The van der Waals surface area contributed by atoms with Crippen molar-refractivity contribution in [1.82, 2.24) is 9.78 Å². The van der Waals surface area contributed by atoms with E-state index >= 15 is 0 Å². The number of hydrogen-bond acceptors (Lipinski definition) is 4. The maximum atomic E-state index is 10.6. The average molecular weight is 222 g/mol. The van der Waals surface area contributed by atoms with Gasteiger partial charge in [-0.1, -0.05) is 0 Å². The molecule has 0 aliphatic carbocycles. The van der Waals surface area contributed by atoms with Gasteiger partial charge in [0.25, 0.3) is 0 Å². The van der Waals surface area contributed by atoms with Crippen LogP contribution >= 0.6 is 0 Å². The maximum absolute atomic E-state index is 10.6. The highest BCUT2D eigenvalue weighted by atomic mass is 16.5. The molecule has 16 heavy (non-hydrogen) atoms. The van der Waals surface area contributed by atoms with Crippen LogP contribution in [0.25, 0.3) is 0 Å². The molecule has 0 aliphatic heterocycles. The Labute approximate surface area is 91.1 Å². The van der Waals surface area contributed by atoms with Crippen LogP contribution in [0.2, 0.25) is 0 Å². The number of ether oxygens (including phenoxy) is 1. The summed E-state index contributed by atoms with van der Waals surface area (Å²) < 4.78 is 12.0. The number of aryl methyl sites for hydroxylation is 1. The van der Waals surface area contributed by atoms with Crippen LogP contribution in [-0.4, -0.2) is 20.9 Å². The summed E-state index contributed by atoms with van der Waals surface area (Å²) in [7, 11) is 1.78. The van der Waals surface area contributed by atoms with E-state index in [1.165, 1.54) is 12.3 Å². The van der Waals surface area contributed by atoms with Crippen LogP contribution < -0.4 is 4.74 Å². The van der Waals surface area contributed by atoms with Crippen molar-refractivity contribution in [3.8, 4) is 5.75 Å². The minimum absolute atomic E-state index is 0.116. The molecule has 0 bridgehead atoms. The number of carbonyl (C=O) groups is 1. The summed E-state index contributed by atoms with van der Waals surface area (Å²) in [4.78, 5) is 10.6. The molecule has 0 radical (unpaired) electrons. The summed E-state index contributed by atoms with van der Waals surface area (Å²) in [6.45, 7) is 0.180. The first kappa shape index (κ1) is 10.3. The zero-order chi connectivity index (χ0) is 11.5. The fourth-order valence-electron chi connectivity index (χ4n) is 1.20. The van der Waals surface area contributed by atoms with Crippen molar-refractivity contribution < 1.29 is 19.1 Å². The third-order valence-corrected chi connectivity index (χ3v) is 1.96. The molecule has 6 nitrogen and oxygen atoms in total. The molecule has 0 unspecified atom stereocenters. The summed E-state index contributed by atoms with van der Waals surface area (Å²) in [6, 6.07) is 1.43. The standard InChI is InChI=1S/C10H10N2O4/c1-12-4-9(3-11-12)16-6-8-2-7(5-15-8)10(13)14/h2-5H,6H2,1H3,(H,13,14). The third kappa shape index (κ3) is 2.22. The highest BCUT2D eigenvalue weighted by Gasteiger charge is 2.08. The number of aromatic carboxylic acids is 1. The predicted molar refractivity (Wildman–Crippen MR) is 53.2 cm³/mol. The summed E-state index contributed by atoms with van der Waals surface area (Å²) in [5.74, 6) is 0.0494. The van der Waals surface area contributed by atoms with Gasteiger partial charge in [-0.25, -0.2) is 4.79 Å². The highest BCUT2D eigenvalue weighted by Crippen LogP contribution is 2.13. The van der Waals surface area contributed by atoms with E-state index in [1.807, 2.05) is 0 Å². The molecule has 2 rings (SSSR count). The van der Waals surface area contributed by atoms with E-state index in [-0.39, 0.29) is 12.2 Å². The van der Waals surface area contributed by atoms with Gasteiger partial charge in [-0.05, 0) is 6.07 Å². The summed E-state index contributed by atoms with van der Waals surface area (Å²) in [5, 5.41) is 12.6. The van der Waals surface area contributed by atoms with E-state index in [1.54, 1.807) is 24.1 Å². The van der Waals surface area contributed by atoms with Crippen molar-refractivity contribution in [1.29, 1.82) is 0 Å². The topological polar surface area (TPSA) is 77.5 Å². The predicted octanol–water partition coefficient (Wildman–Crippen LogP) is 1.29. The maximum Gasteiger partial charge on any atom is 0.338 e. The van der Waals surface area contributed by atoms with Gasteiger partial charge in [-0.3, -0.25) is 4.68 Å². The van der Waals surface area contributed by atoms with Gasteiger partial charge in [0.05, 0.1) is 18.0 Å². The lowest BCUT2D eigenvalue weighted by Gasteiger charge is -1.98. The Morgan fingerprint density at radius 3 is 3.06 bits per heavy atom. The number of furan rings is 1. The van der Waals surface area contributed by atoms with Crippen LogP contribution in [0.5, 0.6) is 5.75 Å². The van der Waals surface area contributed by atoms with Crippen molar-refractivity contribution in [3.05, 3.63) is 36.0 Å². The van der Waals surface area contributed by atoms with Crippen LogP contribution in [0.3, 0.4) is 0 Å². The van der Waals surface area contributed by atoms with Crippen molar-refractivity contribution >= 4 is 5.97 Å². The quantitative estimate of drug-likeness (QED) is 0.843. The SMILES string of the molecule is Cn1cc(OCc2cc(C(=O)O)co2)cn1. The van der Waals surface area contributed by atoms with Gasteiger partial charge in [-0.2, -0.15) is 5.10 Å². The van der Waals surface area contributed by atoms with Gasteiger partial charge in [0.15, 0.2) is 5.75 Å². The Morgan fingerprint density at radius 1 is 1.69 bits per heavy atom. The number of hydrogen-bond donors (Lipinski definition) is 1. The number of nitrogens with zero attached hydrogens (tertiary/aromatic N) is 2. The molecule has 0 fully saturated rings. The number of carboxylic acids is 1. The molecular formula is C10H10N2O4. The normalized spacial score (nSPS) is 10.3. The van der Waals surface area contributed by atoms with Gasteiger partial charge in [-0.15, -0.1) is 0 Å². The van der Waals surface area contributed by atoms with Gasteiger partial charge >= 0.3 is 5.97 Å². The minimum Gasteiger partial charge on any atom is -0.482 e. The van der Waals surface area contributed by atoms with E-state index < -0.39 is 5.97 Å². The lowest BCUT2D eigenvalue weighted by Crippen LogP contribution is -1.94. The molecule has 84 valence electrons. The Kier molecular flexibility index (Phi) is 2.63. The van der Waals surface area contributed by atoms with E-state index in [2.05, 4.69) is 5.10 Å². The Hall–Kier alpha value is -2.24. The molecule has 2 aromatic heterocycles. The Balaban J connectivity index is 1.97. The molecular weight excluding hydrogens is 212 g/mol. The fraction of sp³-hybridized carbons (Fsp3) is 0.200. The Bertz CT molecular complexity index is 500. The number of rotatable bonds is 4. The molecule has 0 saturated carbocycles. The van der Waals surface area contributed by atoms with E-state index in [9.17, 15) is 4.79 Å². The van der Waals surface area contributed by atoms with Crippen LogP contribution in [0, 0.1) is 0 Å². The van der Waals surface area contributed by atoms with E-state index in [4.69, 9.17) is 14.3 Å². The van der Waals surface area contributed by atoms with Gasteiger partial charge in [0.1, 0.15) is 18.6 Å². The third-order valence-electron chi connectivity index (χ3n) is 1.96. The van der Waals surface area contributed by atoms with Gasteiger partial charge in [0, 0.05) is 7.05 Å². The zero-order valence-electron chi connectivity index (χ0n) is 8.58. The molecule has 0 amide bonds. The lowest BCUT2D eigenvalue weighted by atomic mass is 10.3. The first-order valence-corrected chi connectivity index (χ1v) is 4.57. The van der Waals surface area contributed by atoms with Crippen LogP contribution in [0.1, 0.15) is 16.1 Å². The Morgan fingerprint density at radius 2 is 2.50 bits per heavy atom.